The summed E-state index contributed by atoms with van der Waals surface area (Å²) < 4.78 is 1.87. The highest BCUT2D eigenvalue weighted by molar-refractivity contribution is 6.59. The SMILES string of the molecule is O=Cc1cc[n+](Cc2ccccc2B(O)O)cc1. The van der Waals surface area contributed by atoms with Gasteiger partial charge in [0.05, 0.1) is 0 Å². The molecule has 5 heteroatoms. The van der Waals surface area contributed by atoms with Gasteiger partial charge in [0.2, 0.25) is 0 Å². The molecule has 0 unspecified atom stereocenters. The monoisotopic (exact) mass is 242 g/mol. The molecule has 18 heavy (non-hydrogen) atoms. The molecular formula is C13H13BNO3+. The van der Waals surface area contributed by atoms with Gasteiger partial charge in [0.25, 0.3) is 0 Å². The van der Waals surface area contributed by atoms with Crippen molar-refractivity contribution >= 4 is 18.9 Å². The summed E-state index contributed by atoms with van der Waals surface area (Å²) in [5, 5.41) is 18.5. The Bertz CT molecular complexity index is 540. The van der Waals surface area contributed by atoms with Gasteiger partial charge in [-0.3, -0.25) is 4.79 Å². The van der Waals surface area contributed by atoms with E-state index in [4.69, 9.17) is 0 Å². The minimum Gasteiger partial charge on any atom is -0.423 e. The van der Waals surface area contributed by atoms with Crippen LogP contribution in [0.1, 0.15) is 15.9 Å². The van der Waals surface area contributed by atoms with Crippen molar-refractivity contribution in [3.63, 3.8) is 0 Å². The molecule has 0 aliphatic rings. The van der Waals surface area contributed by atoms with Gasteiger partial charge in [-0.05, 0) is 5.46 Å². The van der Waals surface area contributed by atoms with Crippen LogP contribution in [0.2, 0.25) is 0 Å². The van der Waals surface area contributed by atoms with E-state index in [1.165, 1.54) is 0 Å². The molecule has 2 aromatic rings. The average molecular weight is 242 g/mol. The predicted octanol–water partition coefficient (Wildman–Crippen LogP) is -0.485. The number of hydrogen-bond acceptors (Lipinski definition) is 3. The Balaban J connectivity index is 2.25. The van der Waals surface area contributed by atoms with Crippen molar-refractivity contribution in [1.29, 1.82) is 0 Å². The van der Waals surface area contributed by atoms with E-state index in [1.807, 2.05) is 16.7 Å². The van der Waals surface area contributed by atoms with Crippen LogP contribution in [0.4, 0.5) is 0 Å². The molecule has 0 radical (unpaired) electrons. The lowest BCUT2D eigenvalue weighted by Gasteiger charge is -2.05. The maximum absolute atomic E-state index is 10.5. The van der Waals surface area contributed by atoms with Crippen LogP contribution < -0.4 is 10.0 Å². The van der Waals surface area contributed by atoms with E-state index < -0.39 is 7.12 Å². The van der Waals surface area contributed by atoms with E-state index in [2.05, 4.69) is 0 Å². The number of nitrogens with zero attached hydrogens (tertiary/aromatic N) is 1. The summed E-state index contributed by atoms with van der Waals surface area (Å²) in [6.07, 6.45) is 4.35. The molecule has 0 spiro atoms. The minimum absolute atomic E-state index is 0.490. The fourth-order valence-corrected chi connectivity index (χ4v) is 1.78. The summed E-state index contributed by atoms with van der Waals surface area (Å²) in [6, 6.07) is 10.6. The molecule has 2 rings (SSSR count). The third-order valence-electron chi connectivity index (χ3n) is 2.74. The van der Waals surface area contributed by atoms with E-state index in [9.17, 15) is 14.8 Å². The Hall–Kier alpha value is -1.98. The molecule has 1 aromatic heterocycles. The van der Waals surface area contributed by atoms with E-state index in [-0.39, 0.29) is 0 Å². The Morgan fingerprint density at radius 3 is 2.39 bits per heavy atom. The molecule has 0 fully saturated rings. The van der Waals surface area contributed by atoms with E-state index in [1.54, 1.807) is 36.7 Å². The minimum atomic E-state index is -1.48. The highest BCUT2D eigenvalue weighted by atomic mass is 16.4. The summed E-state index contributed by atoms with van der Waals surface area (Å²) >= 11 is 0. The van der Waals surface area contributed by atoms with Gasteiger partial charge in [0.15, 0.2) is 25.2 Å². The smallest absolute Gasteiger partial charge is 0.423 e. The molecule has 1 aromatic carbocycles. The van der Waals surface area contributed by atoms with Crippen molar-refractivity contribution in [2.75, 3.05) is 0 Å². The summed E-state index contributed by atoms with van der Waals surface area (Å²) in [5.41, 5.74) is 1.93. The standard InChI is InChI=1S/C13H13BNO3/c16-10-11-5-7-15(8-6-11)9-12-3-1-2-4-13(12)14(17)18/h1-8,10,17-18H,9H2/q+1. The molecule has 90 valence electrons. The first kappa shape index (κ1) is 12.5. The first-order valence-corrected chi connectivity index (χ1v) is 5.59. The topological polar surface area (TPSA) is 61.4 Å². The number of aldehydes is 1. The van der Waals surface area contributed by atoms with Gasteiger partial charge in [0, 0.05) is 23.3 Å². The van der Waals surface area contributed by atoms with E-state index in [0.29, 0.717) is 17.6 Å². The van der Waals surface area contributed by atoms with E-state index in [0.717, 1.165) is 11.8 Å². The highest BCUT2D eigenvalue weighted by Gasteiger charge is 2.17. The lowest BCUT2D eigenvalue weighted by atomic mass is 9.77. The number of rotatable bonds is 4. The van der Waals surface area contributed by atoms with Gasteiger partial charge in [-0.25, -0.2) is 4.57 Å². The second kappa shape index (κ2) is 5.57. The van der Waals surface area contributed by atoms with Crippen molar-refractivity contribution in [3.05, 3.63) is 59.9 Å². The van der Waals surface area contributed by atoms with Crippen LogP contribution in [0.5, 0.6) is 0 Å². The van der Waals surface area contributed by atoms with Crippen molar-refractivity contribution in [2.24, 2.45) is 0 Å². The summed E-state index contributed by atoms with van der Waals surface area (Å²) in [5.74, 6) is 0. The second-order valence-corrected chi connectivity index (χ2v) is 3.99. The molecule has 4 nitrogen and oxygen atoms in total. The summed E-state index contributed by atoms with van der Waals surface area (Å²) in [6.45, 7) is 0.521. The summed E-state index contributed by atoms with van der Waals surface area (Å²) in [4.78, 5) is 10.5. The first-order valence-electron chi connectivity index (χ1n) is 5.59. The summed E-state index contributed by atoms with van der Waals surface area (Å²) in [7, 11) is -1.48. The van der Waals surface area contributed by atoms with Gasteiger partial charge in [-0.2, -0.15) is 0 Å². The number of benzene rings is 1. The van der Waals surface area contributed by atoms with Gasteiger partial charge in [0.1, 0.15) is 0 Å². The third kappa shape index (κ3) is 2.82. The number of carbonyl (C=O) groups is 1. The molecule has 0 bridgehead atoms. The molecule has 1 heterocycles. The van der Waals surface area contributed by atoms with E-state index >= 15 is 0 Å². The van der Waals surface area contributed by atoms with Crippen LogP contribution in [0.15, 0.2) is 48.8 Å². The largest absolute Gasteiger partial charge is 0.488 e. The second-order valence-electron chi connectivity index (χ2n) is 3.99. The zero-order valence-corrected chi connectivity index (χ0v) is 9.73. The van der Waals surface area contributed by atoms with Crippen LogP contribution >= 0.6 is 0 Å². The third-order valence-corrected chi connectivity index (χ3v) is 2.74. The lowest BCUT2D eigenvalue weighted by Crippen LogP contribution is -2.40. The van der Waals surface area contributed by atoms with Crippen molar-refractivity contribution < 1.29 is 19.4 Å². The van der Waals surface area contributed by atoms with Crippen LogP contribution in [-0.2, 0) is 6.54 Å². The van der Waals surface area contributed by atoms with Crippen molar-refractivity contribution in [3.8, 4) is 0 Å². The fraction of sp³-hybridized carbons (Fsp3) is 0.0769. The van der Waals surface area contributed by atoms with Crippen molar-refractivity contribution in [2.45, 2.75) is 6.54 Å². The molecule has 0 aliphatic carbocycles. The molecule has 0 saturated heterocycles. The average Bonchev–Trinajstić information content (AvgIpc) is 2.40. The number of hydrogen-bond donors (Lipinski definition) is 2. The normalized spacial score (nSPS) is 10.1. The maximum atomic E-state index is 10.5. The molecule has 0 atom stereocenters. The zero-order valence-electron chi connectivity index (χ0n) is 9.73. The van der Waals surface area contributed by atoms with Crippen LogP contribution in [-0.4, -0.2) is 23.5 Å². The molecule has 0 amide bonds. The number of pyridine rings is 1. The number of carbonyl (C=O) groups excluding carboxylic acids is 1. The fourth-order valence-electron chi connectivity index (χ4n) is 1.78. The lowest BCUT2D eigenvalue weighted by molar-refractivity contribution is -0.688. The van der Waals surface area contributed by atoms with Crippen molar-refractivity contribution in [1.82, 2.24) is 0 Å². The Labute approximate surface area is 105 Å². The maximum Gasteiger partial charge on any atom is 0.488 e. The van der Waals surface area contributed by atoms with Gasteiger partial charge >= 0.3 is 7.12 Å². The molecular weight excluding hydrogens is 229 g/mol. The highest BCUT2D eigenvalue weighted by Crippen LogP contribution is 1.97. The first-order chi connectivity index (χ1) is 8.70. The molecule has 2 N–H and O–H groups in total. The Morgan fingerprint density at radius 1 is 1.11 bits per heavy atom. The number of aromatic nitrogens is 1. The van der Waals surface area contributed by atoms with Gasteiger partial charge < -0.3 is 10.0 Å². The van der Waals surface area contributed by atoms with Gasteiger partial charge in [-0.15, -0.1) is 0 Å². The van der Waals surface area contributed by atoms with Gasteiger partial charge in [-0.1, -0.05) is 24.3 Å². The van der Waals surface area contributed by atoms with Crippen LogP contribution in [0.25, 0.3) is 0 Å². The van der Waals surface area contributed by atoms with Crippen LogP contribution in [0, 0.1) is 0 Å². The quantitative estimate of drug-likeness (QED) is 0.432. The zero-order chi connectivity index (χ0) is 13.0. The Kier molecular flexibility index (Phi) is 3.87. The predicted molar refractivity (Wildman–Crippen MR) is 67.4 cm³/mol. The molecule has 0 saturated carbocycles. The Morgan fingerprint density at radius 2 is 1.78 bits per heavy atom. The molecule has 0 aliphatic heterocycles. The van der Waals surface area contributed by atoms with Crippen LogP contribution in [0.3, 0.4) is 0 Å².